The number of aliphatic hydroxyl groups is 1. The minimum absolute atomic E-state index is 0.0302. The second-order valence-corrected chi connectivity index (χ2v) is 14.5. The largest absolute Gasteiger partial charge is 0.432 e. The molecule has 5 atom stereocenters. The van der Waals surface area contributed by atoms with Gasteiger partial charge in [-0.1, -0.05) is 70.2 Å². The van der Waals surface area contributed by atoms with Gasteiger partial charge in [0, 0.05) is 12.1 Å². The van der Waals surface area contributed by atoms with Gasteiger partial charge in [-0.2, -0.15) is 0 Å². The summed E-state index contributed by atoms with van der Waals surface area (Å²) >= 11 is 0. The summed E-state index contributed by atoms with van der Waals surface area (Å²) < 4.78 is 6.48. The van der Waals surface area contributed by atoms with Crippen molar-refractivity contribution in [2.24, 2.45) is 5.92 Å². The second kappa shape index (κ2) is 11.3. The molecule has 2 N–H and O–H groups in total. The molecular formula is C26H43NO4Si. The van der Waals surface area contributed by atoms with Crippen LogP contribution in [0.5, 0.6) is 0 Å². The summed E-state index contributed by atoms with van der Waals surface area (Å²) in [4.78, 5) is 26.3. The van der Waals surface area contributed by atoms with E-state index >= 15 is 0 Å². The Balaban J connectivity index is 1.67. The number of rotatable bonds is 10. The van der Waals surface area contributed by atoms with Crippen molar-refractivity contribution < 1.29 is 19.4 Å². The Morgan fingerprint density at radius 1 is 1.12 bits per heavy atom. The summed E-state index contributed by atoms with van der Waals surface area (Å²) in [5, 5.41) is 9.96. The van der Waals surface area contributed by atoms with Crippen LogP contribution in [0, 0.1) is 5.92 Å². The topological polar surface area (TPSA) is 70.0 Å². The van der Waals surface area contributed by atoms with Crippen LogP contribution in [0.3, 0.4) is 0 Å². The fourth-order valence-corrected chi connectivity index (χ4v) is 8.50. The van der Waals surface area contributed by atoms with E-state index in [1.54, 1.807) is 0 Å². The molecule has 1 fully saturated rings. The van der Waals surface area contributed by atoms with Crippen LogP contribution in [0.4, 0.5) is 0 Å². The molecule has 32 heavy (non-hydrogen) atoms. The highest BCUT2D eigenvalue weighted by molar-refractivity contribution is 6.71. The molecule has 2 aliphatic heterocycles. The molecule has 0 saturated carbocycles. The Morgan fingerprint density at radius 3 is 2.47 bits per heavy atom. The molecule has 0 spiro atoms. The van der Waals surface area contributed by atoms with Crippen LogP contribution in [0.15, 0.2) is 24.3 Å². The van der Waals surface area contributed by atoms with Crippen molar-refractivity contribution in [3.05, 3.63) is 35.4 Å². The van der Waals surface area contributed by atoms with Gasteiger partial charge in [0.1, 0.15) is 0 Å². The predicted molar refractivity (Wildman–Crippen MR) is 131 cm³/mol. The normalized spacial score (nSPS) is 28.1. The summed E-state index contributed by atoms with van der Waals surface area (Å²) in [6.45, 7) is 8.88. The SMILES string of the molecule is CCCCCCC[C@H]1O[C@@H](CC(=O)N2Cc3ccccc3C[C@H]2CO)[C@H]([Si](C)(C)O)[C@H]1C. The average Bonchev–Trinajstić information content (AvgIpc) is 3.07. The lowest BCUT2D eigenvalue weighted by Gasteiger charge is -2.37. The van der Waals surface area contributed by atoms with Gasteiger partial charge in [0.2, 0.25) is 5.91 Å². The molecule has 0 radical (unpaired) electrons. The van der Waals surface area contributed by atoms with Gasteiger partial charge in [0.15, 0.2) is 8.32 Å². The lowest BCUT2D eigenvalue weighted by atomic mass is 9.93. The Labute approximate surface area is 195 Å². The molecule has 1 saturated heterocycles. The van der Waals surface area contributed by atoms with E-state index in [1.165, 1.54) is 31.2 Å². The van der Waals surface area contributed by atoms with E-state index in [1.807, 2.05) is 30.1 Å². The van der Waals surface area contributed by atoms with E-state index in [-0.39, 0.29) is 48.6 Å². The van der Waals surface area contributed by atoms with E-state index in [0.29, 0.717) is 13.0 Å². The number of aliphatic hydroxyl groups excluding tert-OH is 1. The zero-order chi connectivity index (χ0) is 23.3. The van der Waals surface area contributed by atoms with Gasteiger partial charge in [-0.15, -0.1) is 0 Å². The number of hydrogen-bond acceptors (Lipinski definition) is 4. The molecule has 0 aliphatic carbocycles. The number of ether oxygens (including phenoxy) is 1. The van der Waals surface area contributed by atoms with Gasteiger partial charge >= 0.3 is 0 Å². The van der Waals surface area contributed by atoms with Crippen LogP contribution in [0.1, 0.15) is 69.9 Å². The Bertz CT molecular complexity index is 750. The fourth-order valence-electron chi connectivity index (χ4n) is 5.89. The first-order valence-electron chi connectivity index (χ1n) is 12.6. The van der Waals surface area contributed by atoms with Crippen LogP contribution in [0.25, 0.3) is 0 Å². The third-order valence-electron chi connectivity index (χ3n) is 7.57. The monoisotopic (exact) mass is 461 g/mol. The predicted octanol–water partition coefficient (Wildman–Crippen LogP) is 4.65. The molecule has 5 nitrogen and oxygen atoms in total. The summed E-state index contributed by atoms with van der Waals surface area (Å²) in [6, 6.07) is 7.98. The quantitative estimate of drug-likeness (QED) is 0.393. The van der Waals surface area contributed by atoms with Gasteiger partial charge < -0.3 is 19.5 Å². The van der Waals surface area contributed by atoms with Crippen LogP contribution in [-0.4, -0.2) is 53.9 Å². The van der Waals surface area contributed by atoms with E-state index in [4.69, 9.17) is 4.74 Å². The molecule has 2 heterocycles. The molecule has 1 amide bonds. The van der Waals surface area contributed by atoms with Crippen molar-refractivity contribution in [3.63, 3.8) is 0 Å². The minimum atomic E-state index is -2.50. The van der Waals surface area contributed by atoms with Crippen LogP contribution < -0.4 is 0 Å². The molecule has 1 aromatic carbocycles. The Morgan fingerprint density at radius 2 is 1.81 bits per heavy atom. The number of nitrogens with zero attached hydrogens (tertiary/aromatic N) is 1. The molecule has 0 aromatic heterocycles. The summed E-state index contributed by atoms with van der Waals surface area (Å²) in [5.41, 5.74) is 2.42. The highest BCUT2D eigenvalue weighted by Crippen LogP contribution is 2.46. The smallest absolute Gasteiger partial charge is 0.225 e. The molecule has 0 bridgehead atoms. The third kappa shape index (κ3) is 6.02. The van der Waals surface area contributed by atoms with Gasteiger partial charge in [-0.3, -0.25) is 4.79 Å². The number of carbonyl (C=O) groups is 1. The molecule has 3 rings (SSSR count). The highest BCUT2D eigenvalue weighted by atomic mass is 28.4. The van der Waals surface area contributed by atoms with Crippen LogP contribution >= 0.6 is 0 Å². The number of fused-ring (bicyclic) bond motifs is 1. The number of hydrogen-bond donors (Lipinski definition) is 2. The summed E-state index contributed by atoms with van der Waals surface area (Å²) in [5.74, 6) is 0.295. The summed E-state index contributed by atoms with van der Waals surface area (Å²) in [7, 11) is -2.50. The molecule has 2 aliphatic rings. The number of carbonyl (C=O) groups excluding carboxylic acids is 1. The zero-order valence-electron chi connectivity index (χ0n) is 20.4. The van der Waals surface area contributed by atoms with E-state index in [2.05, 4.69) is 26.0 Å². The van der Waals surface area contributed by atoms with Crippen molar-refractivity contribution in [2.45, 2.75) is 109 Å². The van der Waals surface area contributed by atoms with Gasteiger partial charge in [0.05, 0.1) is 31.3 Å². The maximum Gasteiger partial charge on any atom is 0.225 e. The molecule has 0 unspecified atom stereocenters. The Kier molecular flexibility index (Phi) is 8.95. The van der Waals surface area contributed by atoms with Crippen molar-refractivity contribution >= 4 is 14.2 Å². The standard InChI is InChI=1S/C26H43NO4Si/c1-5-6-7-8-9-14-23-19(2)26(32(3,4)30)24(31-23)16-25(29)27-17-21-13-11-10-12-20(21)15-22(27)18-28/h10-13,19,22-24,26,28,30H,5-9,14-18H2,1-4H3/t19-,22-,23+,24-,26+/m0/s1. The molecule has 1 aromatic rings. The third-order valence-corrected chi connectivity index (χ3v) is 10.1. The van der Waals surface area contributed by atoms with Crippen molar-refractivity contribution in [1.82, 2.24) is 4.90 Å². The average molecular weight is 462 g/mol. The minimum Gasteiger partial charge on any atom is -0.432 e. The number of amides is 1. The van der Waals surface area contributed by atoms with E-state index in [0.717, 1.165) is 18.4 Å². The maximum atomic E-state index is 13.4. The molecular weight excluding hydrogens is 418 g/mol. The number of unbranched alkanes of at least 4 members (excludes halogenated alkanes) is 4. The highest BCUT2D eigenvalue weighted by Gasteiger charge is 2.50. The fraction of sp³-hybridized carbons (Fsp3) is 0.731. The zero-order valence-corrected chi connectivity index (χ0v) is 21.4. The van der Waals surface area contributed by atoms with Crippen molar-refractivity contribution in [2.75, 3.05) is 6.61 Å². The summed E-state index contributed by atoms with van der Waals surface area (Å²) in [6.07, 6.45) is 8.02. The molecule has 6 heteroatoms. The maximum absolute atomic E-state index is 13.4. The first-order chi connectivity index (χ1) is 15.3. The van der Waals surface area contributed by atoms with E-state index < -0.39 is 8.32 Å². The lowest BCUT2D eigenvalue weighted by molar-refractivity contribution is -0.138. The van der Waals surface area contributed by atoms with Crippen LogP contribution in [-0.2, 0) is 22.5 Å². The first kappa shape index (κ1) is 25.4. The number of benzene rings is 1. The van der Waals surface area contributed by atoms with Gasteiger partial charge in [-0.25, -0.2) is 0 Å². The van der Waals surface area contributed by atoms with Crippen molar-refractivity contribution in [3.8, 4) is 0 Å². The molecule has 180 valence electrons. The lowest BCUT2D eigenvalue weighted by Crippen LogP contribution is -2.48. The second-order valence-electron chi connectivity index (χ2n) is 10.5. The van der Waals surface area contributed by atoms with Gasteiger partial charge in [0.25, 0.3) is 0 Å². The van der Waals surface area contributed by atoms with Gasteiger partial charge in [-0.05, 0) is 43.0 Å². The van der Waals surface area contributed by atoms with Crippen LogP contribution in [0.2, 0.25) is 18.6 Å². The van der Waals surface area contributed by atoms with Crippen molar-refractivity contribution in [1.29, 1.82) is 0 Å². The Hall–Kier alpha value is -1.21. The first-order valence-corrected chi connectivity index (χ1v) is 15.6. The van der Waals surface area contributed by atoms with E-state index in [9.17, 15) is 14.7 Å².